The van der Waals surface area contributed by atoms with Crippen LogP contribution in [-0.2, 0) is 0 Å². The van der Waals surface area contributed by atoms with Crippen LogP contribution in [0.2, 0.25) is 0 Å². The summed E-state index contributed by atoms with van der Waals surface area (Å²) in [5.41, 5.74) is 0.378. The Bertz CT molecular complexity index is 651. The number of carbonyl (C=O) groups is 1. The Balaban J connectivity index is 1.91. The van der Waals surface area contributed by atoms with Crippen molar-refractivity contribution in [2.45, 2.75) is 12.7 Å². The maximum absolute atomic E-state index is 12.2. The van der Waals surface area contributed by atoms with Crippen LogP contribution in [0.1, 0.15) is 10.9 Å². The SMILES string of the molecule is CN(C)C(CNC(=O)Nc1cccc(OC(F)F)c1)c1cccs1. The van der Waals surface area contributed by atoms with E-state index in [1.165, 1.54) is 18.2 Å². The fourth-order valence-electron chi connectivity index (χ4n) is 2.13. The molecule has 0 aliphatic carbocycles. The van der Waals surface area contributed by atoms with Crippen molar-refractivity contribution in [2.75, 3.05) is 26.0 Å². The number of hydrogen-bond acceptors (Lipinski definition) is 4. The van der Waals surface area contributed by atoms with Gasteiger partial charge < -0.3 is 20.3 Å². The number of urea groups is 1. The third-order valence-electron chi connectivity index (χ3n) is 3.27. The molecule has 1 aromatic heterocycles. The summed E-state index contributed by atoms with van der Waals surface area (Å²) >= 11 is 1.62. The van der Waals surface area contributed by atoms with E-state index in [0.29, 0.717) is 12.2 Å². The number of thiophene rings is 1. The number of amides is 2. The molecule has 2 aromatic rings. The number of anilines is 1. The second-order valence-corrected chi connectivity index (χ2v) is 6.22. The van der Waals surface area contributed by atoms with Gasteiger partial charge in [-0.1, -0.05) is 12.1 Å². The Morgan fingerprint density at radius 1 is 1.29 bits per heavy atom. The molecule has 1 heterocycles. The largest absolute Gasteiger partial charge is 0.435 e. The first-order chi connectivity index (χ1) is 11.5. The molecule has 0 radical (unpaired) electrons. The van der Waals surface area contributed by atoms with Gasteiger partial charge in [0.25, 0.3) is 0 Å². The number of nitrogens with zero attached hydrogens (tertiary/aromatic N) is 1. The molecule has 2 amide bonds. The van der Waals surface area contributed by atoms with E-state index in [4.69, 9.17) is 0 Å². The van der Waals surface area contributed by atoms with E-state index >= 15 is 0 Å². The van der Waals surface area contributed by atoms with Crippen molar-refractivity contribution in [3.8, 4) is 5.75 Å². The van der Waals surface area contributed by atoms with Gasteiger partial charge in [-0.05, 0) is 37.7 Å². The van der Waals surface area contributed by atoms with E-state index in [2.05, 4.69) is 15.4 Å². The topological polar surface area (TPSA) is 53.6 Å². The van der Waals surface area contributed by atoms with Crippen LogP contribution < -0.4 is 15.4 Å². The second kappa shape index (κ2) is 8.60. The van der Waals surface area contributed by atoms with E-state index in [1.807, 2.05) is 36.5 Å². The van der Waals surface area contributed by atoms with Gasteiger partial charge >= 0.3 is 12.6 Å². The van der Waals surface area contributed by atoms with Gasteiger partial charge in [0.2, 0.25) is 0 Å². The number of likely N-dealkylation sites (N-methyl/N-ethyl adjacent to an activating group) is 1. The number of halogens is 2. The molecule has 0 bridgehead atoms. The summed E-state index contributed by atoms with van der Waals surface area (Å²) in [5, 5.41) is 7.38. The Hall–Kier alpha value is -2.19. The van der Waals surface area contributed by atoms with E-state index < -0.39 is 12.6 Å². The molecule has 1 atom stereocenters. The van der Waals surface area contributed by atoms with Gasteiger partial charge in [-0.3, -0.25) is 0 Å². The molecule has 5 nitrogen and oxygen atoms in total. The number of benzene rings is 1. The molecule has 0 saturated heterocycles. The summed E-state index contributed by atoms with van der Waals surface area (Å²) in [4.78, 5) is 15.2. The molecule has 2 N–H and O–H groups in total. The molecule has 0 saturated carbocycles. The van der Waals surface area contributed by atoms with Gasteiger partial charge in [-0.15, -0.1) is 11.3 Å². The van der Waals surface area contributed by atoms with Gasteiger partial charge in [-0.2, -0.15) is 8.78 Å². The molecular formula is C16H19F2N3O2S. The zero-order valence-corrected chi connectivity index (χ0v) is 14.1. The molecular weight excluding hydrogens is 336 g/mol. The van der Waals surface area contributed by atoms with Gasteiger partial charge in [-0.25, -0.2) is 4.79 Å². The molecule has 1 aromatic carbocycles. The highest BCUT2D eigenvalue weighted by atomic mass is 32.1. The second-order valence-electron chi connectivity index (χ2n) is 5.24. The maximum atomic E-state index is 12.2. The van der Waals surface area contributed by atoms with Crippen molar-refractivity contribution >= 4 is 23.1 Å². The minimum atomic E-state index is -2.90. The fourth-order valence-corrected chi connectivity index (χ4v) is 3.06. The first kappa shape index (κ1) is 18.2. The Kier molecular flexibility index (Phi) is 6.51. The summed E-state index contributed by atoms with van der Waals surface area (Å²) in [7, 11) is 3.88. The molecule has 1 unspecified atom stereocenters. The third kappa shape index (κ3) is 5.47. The molecule has 2 rings (SSSR count). The zero-order valence-electron chi connectivity index (χ0n) is 13.3. The minimum absolute atomic E-state index is 0.00689. The highest BCUT2D eigenvalue weighted by molar-refractivity contribution is 7.10. The van der Waals surface area contributed by atoms with Crippen molar-refractivity contribution in [2.24, 2.45) is 0 Å². The van der Waals surface area contributed by atoms with Crippen LogP contribution >= 0.6 is 11.3 Å². The van der Waals surface area contributed by atoms with Crippen molar-refractivity contribution in [3.05, 3.63) is 46.7 Å². The van der Waals surface area contributed by atoms with Gasteiger partial charge in [0.05, 0.1) is 6.04 Å². The maximum Gasteiger partial charge on any atom is 0.387 e. The molecule has 0 fully saturated rings. The van der Waals surface area contributed by atoms with Crippen LogP contribution in [0.5, 0.6) is 5.75 Å². The minimum Gasteiger partial charge on any atom is -0.435 e. The average molecular weight is 355 g/mol. The van der Waals surface area contributed by atoms with Gasteiger partial charge in [0.1, 0.15) is 5.75 Å². The molecule has 0 spiro atoms. The van der Waals surface area contributed by atoms with E-state index in [1.54, 1.807) is 17.4 Å². The van der Waals surface area contributed by atoms with Gasteiger partial charge in [0.15, 0.2) is 0 Å². The summed E-state index contributed by atoms with van der Waals surface area (Å²) in [6.45, 7) is -2.48. The summed E-state index contributed by atoms with van der Waals surface area (Å²) < 4.78 is 28.7. The van der Waals surface area contributed by atoms with Crippen molar-refractivity contribution in [3.63, 3.8) is 0 Å². The van der Waals surface area contributed by atoms with Crippen LogP contribution in [0, 0.1) is 0 Å². The molecule has 130 valence electrons. The quantitative estimate of drug-likeness (QED) is 0.795. The number of hydrogen-bond donors (Lipinski definition) is 2. The molecule has 0 aliphatic rings. The van der Waals surface area contributed by atoms with Crippen molar-refractivity contribution < 1.29 is 18.3 Å². The van der Waals surface area contributed by atoms with Gasteiger partial charge in [0, 0.05) is 23.2 Å². The predicted octanol–water partition coefficient (Wildman–Crippen LogP) is 3.77. The van der Waals surface area contributed by atoms with E-state index in [-0.39, 0.29) is 11.8 Å². The first-order valence-corrected chi connectivity index (χ1v) is 8.13. The number of carbonyl (C=O) groups excluding carboxylic acids is 1. The Morgan fingerprint density at radius 2 is 2.08 bits per heavy atom. The highest BCUT2D eigenvalue weighted by Gasteiger charge is 2.16. The highest BCUT2D eigenvalue weighted by Crippen LogP contribution is 2.22. The lowest BCUT2D eigenvalue weighted by molar-refractivity contribution is -0.0497. The summed E-state index contributed by atoms with van der Waals surface area (Å²) in [6.07, 6.45) is 0. The summed E-state index contributed by atoms with van der Waals surface area (Å²) in [5.74, 6) is -0.00689. The lowest BCUT2D eigenvalue weighted by Crippen LogP contribution is -2.36. The fraction of sp³-hybridized carbons (Fsp3) is 0.312. The number of rotatable bonds is 7. The molecule has 24 heavy (non-hydrogen) atoms. The van der Waals surface area contributed by atoms with E-state index in [0.717, 1.165) is 4.88 Å². The third-order valence-corrected chi connectivity index (χ3v) is 4.24. The predicted molar refractivity (Wildman–Crippen MR) is 90.8 cm³/mol. The number of ether oxygens (including phenoxy) is 1. The van der Waals surface area contributed by atoms with Crippen LogP contribution in [0.15, 0.2) is 41.8 Å². The normalized spacial score (nSPS) is 12.2. The lowest BCUT2D eigenvalue weighted by Gasteiger charge is -2.23. The standard InChI is InChI=1S/C16H19F2N3O2S/c1-21(2)13(14-7-4-8-24-14)10-19-16(22)20-11-5-3-6-12(9-11)23-15(17)18/h3-9,13,15H,10H2,1-2H3,(H2,19,20,22). The average Bonchev–Trinajstić information content (AvgIpc) is 3.00. The van der Waals surface area contributed by atoms with Crippen molar-refractivity contribution in [1.29, 1.82) is 0 Å². The summed E-state index contributed by atoms with van der Waals surface area (Å²) in [6, 6.07) is 9.49. The molecule has 0 aliphatic heterocycles. The van der Waals surface area contributed by atoms with Crippen molar-refractivity contribution in [1.82, 2.24) is 10.2 Å². The van der Waals surface area contributed by atoms with Crippen LogP contribution in [0.25, 0.3) is 0 Å². The smallest absolute Gasteiger partial charge is 0.387 e. The number of nitrogens with one attached hydrogen (secondary N) is 2. The van der Waals surface area contributed by atoms with Crippen LogP contribution in [0.3, 0.4) is 0 Å². The lowest BCUT2D eigenvalue weighted by atomic mass is 10.2. The van der Waals surface area contributed by atoms with E-state index in [9.17, 15) is 13.6 Å². The van der Waals surface area contributed by atoms with Crippen LogP contribution in [-0.4, -0.2) is 38.2 Å². The molecule has 8 heteroatoms. The Labute approximate surface area is 143 Å². The van der Waals surface area contributed by atoms with Crippen LogP contribution in [0.4, 0.5) is 19.3 Å². The Morgan fingerprint density at radius 3 is 2.71 bits per heavy atom. The number of alkyl halides is 2. The zero-order chi connectivity index (χ0) is 17.5. The monoisotopic (exact) mass is 355 g/mol. The first-order valence-electron chi connectivity index (χ1n) is 7.25.